The number of urea groups is 1. The predicted molar refractivity (Wildman–Crippen MR) is 65.8 cm³/mol. The molecule has 0 N–H and O–H groups in total. The monoisotopic (exact) mass is 235 g/mol. The largest absolute Gasteiger partial charge is 0.330 e. The Morgan fingerprint density at radius 1 is 1.47 bits per heavy atom. The first kappa shape index (κ1) is 13.2. The van der Waals surface area contributed by atoms with Crippen LogP contribution in [-0.4, -0.2) is 35.4 Å². The van der Waals surface area contributed by atoms with Gasteiger partial charge in [0.2, 0.25) is 6.41 Å². The van der Waals surface area contributed by atoms with E-state index in [4.69, 9.17) is 0 Å². The minimum absolute atomic E-state index is 0.167. The van der Waals surface area contributed by atoms with E-state index in [9.17, 15) is 9.59 Å². The molecule has 1 rings (SSSR count). The molecule has 0 saturated heterocycles. The van der Waals surface area contributed by atoms with Crippen molar-refractivity contribution in [1.29, 1.82) is 0 Å². The number of amides is 3. The van der Waals surface area contributed by atoms with Crippen LogP contribution in [0.3, 0.4) is 0 Å². The lowest BCUT2D eigenvalue weighted by Crippen LogP contribution is -2.44. The molecule has 0 bridgehead atoms. The fourth-order valence-corrected chi connectivity index (χ4v) is 1.47. The molecule has 0 radical (unpaired) electrons. The van der Waals surface area contributed by atoms with Gasteiger partial charge in [0.25, 0.3) is 0 Å². The predicted octanol–water partition coefficient (Wildman–Crippen LogP) is 1.81. The quantitative estimate of drug-likeness (QED) is 0.751. The molecule has 0 aliphatic heterocycles. The molecule has 17 heavy (non-hydrogen) atoms. The SMILES string of the molecule is Cc1ccncc1N(C)C(=O)N(C=O)C(C)C. The summed E-state index contributed by atoms with van der Waals surface area (Å²) in [5.74, 6) is 0. The van der Waals surface area contributed by atoms with Crippen LogP contribution in [0.1, 0.15) is 19.4 Å². The number of pyridine rings is 1. The average Bonchev–Trinajstić information content (AvgIpc) is 2.29. The second-order valence-corrected chi connectivity index (χ2v) is 4.11. The summed E-state index contributed by atoms with van der Waals surface area (Å²) in [6.07, 6.45) is 3.82. The lowest BCUT2D eigenvalue weighted by atomic mass is 10.2. The van der Waals surface area contributed by atoms with Crippen molar-refractivity contribution in [2.75, 3.05) is 11.9 Å². The molecule has 1 heterocycles. The van der Waals surface area contributed by atoms with Crippen LogP contribution in [0.15, 0.2) is 18.5 Å². The first-order valence-corrected chi connectivity index (χ1v) is 5.41. The molecule has 5 heteroatoms. The summed E-state index contributed by atoms with van der Waals surface area (Å²) in [6.45, 7) is 5.47. The molecule has 0 atom stereocenters. The number of nitrogens with zero attached hydrogens (tertiary/aromatic N) is 3. The molecule has 0 aliphatic rings. The first-order valence-electron chi connectivity index (χ1n) is 5.41. The third-order valence-electron chi connectivity index (χ3n) is 2.55. The van der Waals surface area contributed by atoms with Crippen molar-refractivity contribution in [3.63, 3.8) is 0 Å². The van der Waals surface area contributed by atoms with Crippen molar-refractivity contribution in [3.8, 4) is 0 Å². The van der Waals surface area contributed by atoms with E-state index in [1.807, 2.05) is 13.0 Å². The Labute approximate surface area is 101 Å². The van der Waals surface area contributed by atoms with E-state index in [1.54, 1.807) is 33.3 Å². The van der Waals surface area contributed by atoms with Gasteiger partial charge in [0.05, 0.1) is 11.9 Å². The molecule has 92 valence electrons. The molecule has 0 saturated carbocycles. The van der Waals surface area contributed by atoms with Gasteiger partial charge in [-0.1, -0.05) is 0 Å². The maximum atomic E-state index is 12.1. The minimum atomic E-state index is -0.355. The van der Waals surface area contributed by atoms with Crippen LogP contribution in [0.2, 0.25) is 0 Å². The molecule has 3 amide bonds. The van der Waals surface area contributed by atoms with E-state index in [2.05, 4.69) is 4.98 Å². The second-order valence-electron chi connectivity index (χ2n) is 4.11. The summed E-state index contributed by atoms with van der Waals surface area (Å²) < 4.78 is 0. The van der Waals surface area contributed by atoms with Crippen LogP contribution in [0, 0.1) is 6.92 Å². The molecule has 0 fully saturated rings. The summed E-state index contributed by atoms with van der Waals surface area (Å²) in [5.41, 5.74) is 1.63. The topological polar surface area (TPSA) is 53.5 Å². The summed E-state index contributed by atoms with van der Waals surface area (Å²) in [5, 5.41) is 0. The number of rotatable bonds is 3. The summed E-state index contributed by atoms with van der Waals surface area (Å²) in [4.78, 5) is 29.5. The zero-order chi connectivity index (χ0) is 13.0. The highest BCUT2D eigenvalue weighted by Crippen LogP contribution is 2.18. The van der Waals surface area contributed by atoms with Crippen molar-refractivity contribution in [1.82, 2.24) is 9.88 Å². The fourth-order valence-electron chi connectivity index (χ4n) is 1.47. The Kier molecular flexibility index (Phi) is 4.20. The maximum absolute atomic E-state index is 12.1. The number of carbonyl (C=O) groups excluding carboxylic acids is 2. The van der Waals surface area contributed by atoms with E-state index in [0.29, 0.717) is 12.1 Å². The van der Waals surface area contributed by atoms with Gasteiger partial charge in [0.15, 0.2) is 0 Å². The first-order chi connectivity index (χ1) is 7.99. The van der Waals surface area contributed by atoms with E-state index >= 15 is 0 Å². The third-order valence-corrected chi connectivity index (χ3v) is 2.55. The number of imide groups is 1. The Hall–Kier alpha value is -1.91. The van der Waals surface area contributed by atoms with Gasteiger partial charge < -0.3 is 0 Å². The molecule has 0 spiro atoms. The third kappa shape index (κ3) is 2.81. The van der Waals surface area contributed by atoms with Gasteiger partial charge in [0, 0.05) is 19.3 Å². The molecule has 0 aromatic carbocycles. The number of aryl methyl sites for hydroxylation is 1. The smallest absolute Gasteiger partial charge is 0.295 e. The molecule has 0 aliphatic carbocycles. The van der Waals surface area contributed by atoms with Gasteiger partial charge in [-0.15, -0.1) is 0 Å². The highest BCUT2D eigenvalue weighted by atomic mass is 16.2. The highest BCUT2D eigenvalue weighted by molar-refractivity contribution is 5.97. The number of hydrogen-bond donors (Lipinski definition) is 0. The van der Waals surface area contributed by atoms with Gasteiger partial charge >= 0.3 is 6.03 Å². The van der Waals surface area contributed by atoms with E-state index < -0.39 is 0 Å². The summed E-state index contributed by atoms with van der Waals surface area (Å²) in [7, 11) is 1.63. The molecule has 1 aromatic heterocycles. The van der Waals surface area contributed by atoms with Gasteiger partial charge in [-0.3, -0.25) is 19.6 Å². The van der Waals surface area contributed by atoms with Crippen molar-refractivity contribution >= 4 is 18.1 Å². The molecule has 1 aromatic rings. The van der Waals surface area contributed by atoms with Crippen LogP contribution in [0.25, 0.3) is 0 Å². The maximum Gasteiger partial charge on any atom is 0.330 e. The average molecular weight is 235 g/mol. The van der Waals surface area contributed by atoms with E-state index in [0.717, 1.165) is 10.5 Å². The lowest BCUT2D eigenvalue weighted by Gasteiger charge is -2.26. The van der Waals surface area contributed by atoms with Crippen LogP contribution in [-0.2, 0) is 4.79 Å². The van der Waals surface area contributed by atoms with Crippen LogP contribution >= 0.6 is 0 Å². The number of aromatic nitrogens is 1. The van der Waals surface area contributed by atoms with Crippen molar-refractivity contribution in [3.05, 3.63) is 24.0 Å². The zero-order valence-electron chi connectivity index (χ0n) is 10.5. The van der Waals surface area contributed by atoms with Crippen LogP contribution in [0.4, 0.5) is 10.5 Å². The van der Waals surface area contributed by atoms with Gasteiger partial charge in [0.1, 0.15) is 0 Å². The molecular formula is C12H17N3O2. The Bertz CT molecular complexity index is 418. The van der Waals surface area contributed by atoms with E-state index in [-0.39, 0.29) is 12.1 Å². The van der Waals surface area contributed by atoms with Gasteiger partial charge in [-0.25, -0.2) is 4.79 Å². The Morgan fingerprint density at radius 2 is 2.12 bits per heavy atom. The van der Waals surface area contributed by atoms with E-state index in [1.165, 1.54) is 4.90 Å². The Balaban J connectivity index is 2.97. The number of carbonyl (C=O) groups is 2. The van der Waals surface area contributed by atoms with Crippen LogP contribution in [0.5, 0.6) is 0 Å². The molecule has 5 nitrogen and oxygen atoms in total. The molecular weight excluding hydrogens is 218 g/mol. The standard InChI is InChI=1S/C12H17N3O2/c1-9(2)15(8-16)12(17)14(4)11-7-13-6-5-10(11)3/h5-9H,1-4H3. The lowest BCUT2D eigenvalue weighted by molar-refractivity contribution is -0.116. The molecule has 0 unspecified atom stereocenters. The van der Waals surface area contributed by atoms with Gasteiger partial charge in [-0.05, 0) is 32.4 Å². The van der Waals surface area contributed by atoms with Crippen molar-refractivity contribution in [2.24, 2.45) is 0 Å². The number of hydrogen-bond acceptors (Lipinski definition) is 3. The van der Waals surface area contributed by atoms with Gasteiger partial charge in [-0.2, -0.15) is 0 Å². The van der Waals surface area contributed by atoms with Crippen molar-refractivity contribution in [2.45, 2.75) is 26.8 Å². The summed E-state index contributed by atoms with van der Waals surface area (Å²) >= 11 is 0. The zero-order valence-corrected chi connectivity index (χ0v) is 10.5. The highest BCUT2D eigenvalue weighted by Gasteiger charge is 2.22. The van der Waals surface area contributed by atoms with Crippen molar-refractivity contribution < 1.29 is 9.59 Å². The number of anilines is 1. The summed E-state index contributed by atoms with van der Waals surface area (Å²) in [6, 6.07) is 1.30. The second kappa shape index (κ2) is 5.43. The fraction of sp³-hybridized carbons (Fsp3) is 0.417. The normalized spacial score (nSPS) is 10.2. The van der Waals surface area contributed by atoms with Crippen LogP contribution < -0.4 is 4.90 Å². The Morgan fingerprint density at radius 3 is 2.59 bits per heavy atom. The minimum Gasteiger partial charge on any atom is -0.295 e.